The van der Waals surface area contributed by atoms with Gasteiger partial charge >= 0.3 is 0 Å². The number of benzene rings is 1. The van der Waals surface area contributed by atoms with Crippen LogP contribution >= 0.6 is 11.3 Å². The van der Waals surface area contributed by atoms with E-state index in [9.17, 15) is 38.0 Å². The molecule has 1 aliphatic rings. The van der Waals surface area contributed by atoms with Crippen LogP contribution in [0.4, 0.5) is 17.6 Å². The molecule has 1 aromatic heterocycles. The van der Waals surface area contributed by atoms with Gasteiger partial charge in [-0.1, -0.05) is 0 Å². The number of unbranched alkanes of at least 4 members (excludes halogenated alkanes) is 1. The van der Waals surface area contributed by atoms with Gasteiger partial charge in [0, 0.05) is 24.0 Å². The first-order valence-corrected chi connectivity index (χ1v) is 11.8. The standard InChI is InChI=1S/C22H28F4N2O5S/c23-13(3-1-2-4-28-7-17(29)20(31)21(32)18(30)8-28)9-33-10-14-11-34-22(27-14)12-5-15(24)19(26)16(25)6-12/h5-6,11,13,17-18,20-21,29-32H,1-4,7-10H2/t13?,17-,18-,20+,21+/m0/s1. The van der Waals surface area contributed by atoms with Crippen molar-refractivity contribution in [2.24, 2.45) is 0 Å². The van der Waals surface area contributed by atoms with E-state index in [0.29, 0.717) is 25.1 Å². The van der Waals surface area contributed by atoms with Crippen LogP contribution < -0.4 is 0 Å². The highest BCUT2D eigenvalue weighted by Crippen LogP contribution is 2.27. The molecule has 2 aromatic rings. The summed E-state index contributed by atoms with van der Waals surface area (Å²) >= 11 is 1.10. The van der Waals surface area contributed by atoms with Gasteiger partial charge in [0.05, 0.1) is 31.1 Å². The van der Waals surface area contributed by atoms with Crippen molar-refractivity contribution in [1.82, 2.24) is 9.88 Å². The van der Waals surface area contributed by atoms with E-state index in [2.05, 4.69) is 4.98 Å². The maximum absolute atomic E-state index is 14.1. The molecule has 5 atom stereocenters. The zero-order valence-corrected chi connectivity index (χ0v) is 19.1. The van der Waals surface area contributed by atoms with Crippen molar-refractivity contribution in [2.45, 2.75) is 56.5 Å². The van der Waals surface area contributed by atoms with Crippen molar-refractivity contribution in [3.63, 3.8) is 0 Å². The number of aromatic nitrogens is 1. The second-order valence-corrected chi connectivity index (χ2v) is 9.24. The Bertz CT molecular complexity index is 897. The summed E-state index contributed by atoms with van der Waals surface area (Å²) in [6, 6.07) is 1.72. The molecular formula is C22H28F4N2O5S. The van der Waals surface area contributed by atoms with E-state index in [-0.39, 0.29) is 43.3 Å². The van der Waals surface area contributed by atoms with Gasteiger partial charge in [-0.05, 0) is 37.9 Å². The Morgan fingerprint density at radius 3 is 2.26 bits per heavy atom. The van der Waals surface area contributed by atoms with Crippen LogP contribution in [0.1, 0.15) is 25.0 Å². The number of aliphatic hydroxyl groups is 4. The van der Waals surface area contributed by atoms with Gasteiger partial charge in [0.25, 0.3) is 0 Å². The molecule has 190 valence electrons. The Morgan fingerprint density at radius 2 is 1.65 bits per heavy atom. The Labute approximate surface area is 198 Å². The van der Waals surface area contributed by atoms with Crippen LogP contribution in [0.3, 0.4) is 0 Å². The predicted molar refractivity (Wildman–Crippen MR) is 116 cm³/mol. The van der Waals surface area contributed by atoms with Gasteiger partial charge in [-0.15, -0.1) is 11.3 Å². The van der Waals surface area contributed by atoms with E-state index in [4.69, 9.17) is 4.74 Å². The SMILES string of the molecule is O[C@H]1[C@H](O)[C@@H](O)CN(CCCCC(F)COCc2csc(-c3cc(F)c(F)c(F)c3)n2)C[C@@H]1O. The summed E-state index contributed by atoms with van der Waals surface area (Å²) < 4.78 is 59.4. The summed E-state index contributed by atoms with van der Waals surface area (Å²) in [5, 5.41) is 41.1. The fourth-order valence-electron chi connectivity index (χ4n) is 3.72. The number of likely N-dealkylation sites (tertiary alicyclic amines) is 1. The Kier molecular flexibility index (Phi) is 9.77. The number of halogens is 4. The molecule has 0 saturated carbocycles. The quantitative estimate of drug-likeness (QED) is 0.221. The van der Waals surface area contributed by atoms with Gasteiger partial charge in [-0.25, -0.2) is 22.5 Å². The smallest absolute Gasteiger partial charge is 0.194 e. The number of aliphatic hydroxyl groups excluding tert-OH is 4. The predicted octanol–water partition coefficient (Wildman–Crippen LogP) is 2.01. The highest BCUT2D eigenvalue weighted by atomic mass is 32.1. The van der Waals surface area contributed by atoms with Gasteiger partial charge in [0.15, 0.2) is 17.5 Å². The molecule has 34 heavy (non-hydrogen) atoms. The maximum atomic E-state index is 14.1. The van der Waals surface area contributed by atoms with Gasteiger partial charge in [-0.3, -0.25) is 4.90 Å². The van der Waals surface area contributed by atoms with Gasteiger partial charge in [0.2, 0.25) is 0 Å². The average molecular weight is 509 g/mol. The third-order valence-corrected chi connectivity index (χ3v) is 6.54. The van der Waals surface area contributed by atoms with E-state index in [1.165, 1.54) is 0 Å². The maximum Gasteiger partial charge on any atom is 0.194 e. The molecule has 7 nitrogen and oxygen atoms in total. The number of nitrogens with zero attached hydrogens (tertiary/aromatic N) is 2. The third-order valence-electron chi connectivity index (χ3n) is 5.60. The van der Waals surface area contributed by atoms with Gasteiger partial charge < -0.3 is 25.2 Å². The molecule has 0 amide bonds. The molecule has 1 aliphatic heterocycles. The molecule has 1 fully saturated rings. The summed E-state index contributed by atoms with van der Waals surface area (Å²) in [5.41, 5.74) is 0.560. The van der Waals surface area contributed by atoms with Gasteiger partial charge in [0.1, 0.15) is 23.4 Å². The van der Waals surface area contributed by atoms with Crippen LogP contribution in [0.15, 0.2) is 17.5 Å². The number of alkyl halides is 1. The van der Waals surface area contributed by atoms with Crippen molar-refractivity contribution in [2.75, 3.05) is 26.2 Å². The summed E-state index contributed by atoms with van der Waals surface area (Å²) in [5.74, 6) is -4.15. The summed E-state index contributed by atoms with van der Waals surface area (Å²) in [7, 11) is 0. The molecule has 2 heterocycles. The molecule has 3 rings (SSSR count). The lowest BCUT2D eigenvalue weighted by Crippen LogP contribution is -2.43. The van der Waals surface area contributed by atoms with E-state index >= 15 is 0 Å². The number of rotatable bonds is 10. The molecule has 0 radical (unpaired) electrons. The minimum absolute atomic E-state index is 0.0112. The van der Waals surface area contributed by atoms with E-state index in [0.717, 1.165) is 23.5 Å². The summed E-state index contributed by atoms with van der Waals surface area (Å²) in [4.78, 5) is 5.90. The third kappa shape index (κ3) is 7.17. The molecule has 0 spiro atoms. The van der Waals surface area contributed by atoms with E-state index in [1.54, 1.807) is 10.3 Å². The molecule has 12 heteroatoms. The fraction of sp³-hybridized carbons (Fsp3) is 0.591. The van der Waals surface area contributed by atoms with Crippen LogP contribution in [0, 0.1) is 17.5 Å². The number of hydrogen-bond donors (Lipinski definition) is 4. The molecule has 1 saturated heterocycles. The topological polar surface area (TPSA) is 106 Å². The van der Waals surface area contributed by atoms with Crippen molar-refractivity contribution < 1.29 is 42.7 Å². The van der Waals surface area contributed by atoms with Crippen LogP contribution in [-0.4, -0.2) is 87.1 Å². The Morgan fingerprint density at radius 1 is 1.03 bits per heavy atom. The fourth-order valence-corrected chi connectivity index (χ4v) is 4.51. The molecule has 4 N–H and O–H groups in total. The second kappa shape index (κ2) is 12.3. The average Bonchev–Trinajstić information content (AvgIpc) is 3.24. The molecule has 0 bridgehead atoms. The number of ether oxygens (including phenoxy) is 1. The molecule has 1 aromatic carbocycles. The summed E-state index contributed by atoms with van der Waals surface area (Å²) in [6.07, 6.45) is -5.06. The van der Waals surface area contributed by atoms with Crippen LogP contribution in [0.25, 0.3) is 10.6 Å². The number of hydrogen-bond acceptors (Lipinski definition) is 8. The largest absolute Gasteiger partial charge is 0.389 e. The van der Waals surface area contributed by atoms with Crippen LogP contribution in [-0.2, 0) is 11.3 Å². The van der Waals surface area contributed by atoms with Crippen molar-refractivity contribution in [1.29, 1.82) is 0 Å². The van der Waals surface area contributed by atoms with Crippen LogP contribution in [0.2, 0.25) is 0 Å². The van der Waals surface area contributed by atoms with Crippen LogP contribution in [0.5, 0.6) is 0 Å². The Balaban J connectivity index is 1.35. The minimum Gasteiger partial charge on any atom is -0.389 e. The highest BCUT2D eigenvalue weighted by molar-refractivity contribution is 7.13. The van der Waals surface area contributed by atoms with Crippen molar-refractivity contribution >= 4 is 11.3 Å². The summed E-state index contributed by atoms with van der Waals surface area (Å²) in [6.45, 7) is 0.519. The molecular weight excluding hydrogens is 480 g/mol. The monoisotopic (exact) mass is 508 g/mol. The van der Waals surface area contributed by atoms with Crippen molar-refractivity contribution in [3.8, 4) is 10.6 Å². The highest BCUT2D eigenvalue weighted by Gasteiger charge is 2.35. The first-order valence-electron chi connectivity index (χ1n) is 10.9. The normalized spacial score (nSPS) is 24.8. The van der Waals surface area contributed by atoms with E-state index < -0.39 is 48.0 Å². The first kappa shape index (κ1) is 26.9. The molecule has 1 unspecified atom stereocenters. The second-order valence-electron chi connectivity index (χ2n) is 8.38. The number of β-amino-alcohol motifs (C(OH)–C–C–N with tert-alkyl or cyclic N) is 2. The first-order chi connectivity index (χ1) is 16.2. The van der Waals surface area contributed by atoms with Gasteiger partial charge in [-0.2, -0.15) is 0 Å². The Hall–Kier alpha value is -1.67. The minimum atomic E-state index is -1.54. The lowest BCUT2D eigenvalue weighted by atomic mass is 10.1. The van der Waals surface area contributed by atoms with E-state index in [1.807, 2.05) is 0 Å². The lowest BCUT2D eigenvalue weighted by Gasteiger charge is -2.23. The lowest BCUT2D eigenvalue weighted by molar-refractivity contribution is -0.0894. The number of thiazole rings is 1. The zero-order chi connectivity index (χ0) is 24.8. The zero-order valence-electron chi connectivity index (χ0n) is 18.3. The van der Waals surface area contributed by atoms with Crippen molar-refractivity contribution in [3.05, 3.63) is 40.7 Å². The molecule has 0 aliphatic carbocycles.